The van der Waals surface area contributed by atoms with E-state index in [-0.39, 0.29) is 17.5 Å². The first kappa shape index (κ1) is 23.3. The number of nitrogens with zero attached hydrogens (tertiary/aromatic N) is 5. The van der Waals surface area contributed by atoms with Crippen LogP contribution in [0.2, 0.25) is 0 Å². The minimum Gasteiger partial charge on any atom is -0.348 e. The first-order chi connectivity index (χ1) is 17.7. The molecule has 36 heavy (non-hydrogen) atoms. The number of rotatable bonds is 8. The largest absolute Gasteiger partial charge is 0.355 e. The van der Waals surface area contributed by atoms with Crippen molar-refractivity contribution < 1.29 is 4.92 Å². The van der Waals surface area contributed by atoms with Crippen LogP contribution in [-0.2, 0) is 0 Å². The predicted molar refractivity (Wildman–Crippen MR) is 141 cm³/mol. The number of anilines is 3. The van der Waals surface area contributed by atoms with E-state index < -0.39 is 4.92 Å². The first-order valence-corrected chi connectivity index (χ1v) is 11.9. The number of nitrogens with one attached hydrogen (secondary N) is 2. The summed E-state index contributed by atoms with van der Waals surface area (Å²) in [5.74, 6) is 0.450. The molecule has 1 aromatic heterocycles. The third-order valence-corrected chi connectivity index (χ3v) is 6.29. The van der Waals surface area contributed by atoms with Crippen LogP contribution >= 0.6 is 0 Å². The van der Waals surface area contributed by atoms with Gasteiger partial charge < -0.3 is 4.90 Å². The minimum atomic E-state index is -0.423. The van der Waals surface area contributed by atoms with Crippen molar-refractivity contribution in [2.75, 3.05) is 41.9 Å². The molecule has 3 aromatic carbocycles. The Hall–Kier alpha value is -4.50. The van der Waals surface area contributed by atoms with Crippen LogP contribution in [0.5, 0.6) is 0 Å². The molecule has 0 spiro atoms. The number of hydrazine groups is 1. The van der Waals surface area contributed by atoms with E-state index in [1.807, 2.05) is 47.4 Å². The van der Waals surface area contributed by atoms with Gasteiger partial charge in [-0.25, -0.2) is 9.97 Å². The van der Waals surface area contributed by atoms with Crippen LogP contribution in [0.3, 0.4) is 0 Å². The second kappa shape index (κ2) is 10.8. The van der Waals surface area contributed by atoms with Crippen molar-refractivity contribution >= 4 is 23.0 Å². The molecule has 0 saturated carbocycles. The number of hydrogen-bond donors (Lipinski definition) is 2. The van der Waals surface area contributed by atoms with Crippen molar-refractivity contribution in [3.8, 4) is 0 Å². The summed E-state index contributed by atoms with van der Waals surface area (Å²) in [7, 11) is 0. The van der Waals surface area contributed by atoms with Crippen molar-refractivity contribution in [3.05, 3.63) is 119 Å². The van der Waals surface area contributed by atoms with E-state index >= 15 is 0 Å². The number of piperazine rings is 1. The van der Waals surface area contributed by atoms with E-state index in [1.54, 1.807) is 0 Å². The van der Waals surface area contributed by atoms with Gasteiger partial charge in [0.1, 0.15) is 6.33 Å². The zero-order valence-corrected chi connectivity index (χ0v) is 19.7. The van der Waals surface area contributed by atoms with Crippen molar-refractivity contribution in [1.82, 2.24) is 14.9 Å². The van der Waals surface area contributed by atoms with Gasteiger partial charge in [-0.2, -0.15) is 0 Å². The van der Waals surface area contributed by atoms with Gasteiger partial charge in [0.25, 0.3) is 0 Å². The summed E-state index contributed by atoms with van der Waals surface area (Å²) in [5.41, 5.74) is 8.94. The van der Waals surface area contributed by atoms with Crippen LogP contribution in [0.25, 0.3) is 0 Å². The lowest BCUT2D eigenvalue weighted by atomic mass is 9.96. The second-order valence-corrected chi connectivity index (χ2v) is 8.51. The Morgan fingerprint density at radius 3 is 1.86 bits per heavy atom. The van der Waals surface area contributed by atoms with Gasteiger partial charge in [0, 0.05) is 26.2 Å². The fourth-order valence-electron chi connectivity index (χ4n) is 4.59. The van der Waals surface area contributed by atoms with Gasteiger partial charge in [-0.05, 0) is 23.3 Å². The Morgan fingerprint density at radius 2 is 1.31 bits per heavy atom. The zero-order chi connectivity index (χ0) is 24.7. The van der Waals surface area contributed by atoms with Gasteiger partial charge in [0.05, 0.1) is 16.7 Å². The molecule has 0 radical (unpaired) electrons. The van der Waals surface area contributed by atoms with Gasteiger partial charge in [0.15, 0.2) is 0 Å². The summed E-state index contributed by atoms with van der Waals surface area (Å²) in [6.07, 6.45) is 1.36. The van der Waals surface area contributed by atoms with Gasteiger partial charge in [0.2, 0.25) is 11.6 Å². The zero-order valence-electron chi connectivity index (χ0n) is 19.7. The highest BCUT2D eigenvalue weighted by molar-refractivity contribution is 5.71. The van der Waals surface area contributed by atoms with Crippen molar-refractivity contribution in [1.29, 1.82) is 0 Å². The third kappa shape index (κ3) is 5.11. The molecule has 0 amide bonds. The van der Waals surface area contributed by atoms with Crippen molar-refractivity contribution in [3.63, 3.8) is 0 Å². The van der Waals surface area contributed by atoms with E-state index in [2.05, 4.69) is 74.3 Å². The van der Waals surface area contributed by atoms with E-state index in [9.17, 15) is 10.1 Å². The summed E-state index contributed by atoms with van der Waals surface area (Å²) in [6, 6.07) is 30.4. The molecule has 1 aliphatic heterocycles. The maximum atomic E-state index is 12.1. The summed E-state index contributed by atoms with van der Waals surface area (Å²) in [5, 5.41) is 12.1. The standard InChI is InChI=1S/C27H27N7O2/c35-34(36)25-26(31-30-23-14-8-3-9-15-23)28-20-29-27(25)33-18-16-32(17-19-33)24(21-10-4-1-5-11-21)22-12-6-2-7-13-22/h1-15,20,24,30H,16-19H2,(H,28,29,31). The van der Waals surface area contributed by atoms with Crippen LogP contribution in [-0.4, -0.2) is 46.0 Å². The molecular formula is C27H27N7O2. The average Bonchev–Trinajstić information content (AvgIpc) is 2.94. The van der Waals surface area contributed by atoms with Crippen LogP contribution in [0, 0.1) is 10.1 Å². The van der Waals surface area contributed by atoms with Gasteiger partial charge >= 0.3 is 5.69 Å². The molecule has 0 aliphatic carbocycles. The van der Waals surface area contributed by atoms with Gasteiger partial charge in [-0.1, -0.05) is 78.9 Å². The Bertz CT molecular complexity index is 1240. The summed E-state index contributed by atoms with van der Waals surface area (Å²) in [4.78, 5) is 24.5. The Balaban J connectivity index is 1.35. The normalized spacial score (nSPS) is 14.0. The molecule has 1 fully saturated rings. The molecule has 4 aromatic rings. The first-order valence-electron chi connectivity index (χ1n) is 11.9. The van der Waals surface area contributed by atoms with Gasteiger partial charge in [-0.15, -0.1) is 0 Å². The summed E-state index contributed by atoms with van der Waals surface area (Å²) < 4.78 is 0. The Kier molecular flexibility index (Phi) is 7.00. The molecule has 0 unspecified atom stereocenters. The second-order valence-electron chi connectivity index (χ2n) is 8.51. The number of aromatic nitrogens is 2. The maximum absolute atomic E-state index is 12.1. The van der Waals surface area contributed by atoms with Crippen molar-refractivity contribution in [2.45, 2.75) is 6.04 Å². The summed E-state index contributed by atoms with van der Waals surface area (Å²) in [6.45, 7) is 2.69. The molecular weight excluding hydrogens is 454 g/mol. The predicted octanol–water partition coefficient (Wildman–Crippen LogP) is 4.74. The van der Waals surface area contributed by atoms with Crippen LogP contribution in [0.15, 0.2) is 97.3 Å². The van der Waals surface area contributed by atoms with E-state index in [0.717, 1.165) is 18.8 Å². The fourth-order valence-corrected chi connectivity index (χ4v) is 4.59. The molecule has 9 nitrogen and oxygen atoms in total. The van der Waals surface area contributed by atoms with E-state index in [4.69, 9.17) is 0 Å². The molecule has 182 valence electrons. The molecule has 0 atom stereocenters. The van der Waals surface area contributed by atoms with E-state index in [1.165, 1.54) is 17.5 Å². The highest BCUT2D eigenvalue weighted by atomic mass is 16.6. The lowest BCUT2D eigenvalue weighted by Gasteiger charge is -2.40. The average molecular weight is 482 g/mol. The number of nitro groups is 1. The van der Waals surface area contributed by atoms with E-state index in [0.29, 0.717) is 18.9 Å². The fraction of sp³-hybridized carbons (Fsp3) is 0.185. The highest BCUT2D eigenvalue weighted by Gasteiger charge is 2.32. The maximum Gasteiger partial charge on any atom is 0.355 e. The van der Waals surface area contributed by atoms with Crippen LogP contribution < -0.4 is 15.8 Å². The lowest BCUT2D eigenvalue weighted by Crippen LogP contribution is -2.48. The van der Waals surface area contributed by atoms with Crippen LogP contribution in [0.4, 0.5) is 23.0 Å². The number of hydrogen-bond acceptors (Lipinski definition) is 8. The quantitative estimate of drug-likeness (QED) is 0.275. The van der Waals surface area contributed by atoms with Gasteiger partial charge in [-0.3, -0.25) is 25.9 Å². The lowest BCUT2D eigenvalue weighted by molar-refractivity contribution is -0.383. The Labute approximate surface area is 209 Å². The van der Waals surface area contributed by atoms with Crippen molar-refractivity contribution in [2.24, 2.45) is 0 Å². The molecule has 0 bridgehead atoms. The van der Waals surface area contributed by atoms with Crippen LogP contribution in [0.1, 0.15) is 17.2 Å². The minimum absolute atomic E-state index is 0.113. The highest BCUT2D eigenvalue weighted by Crippen LogP contribution is 2.34. The molecule has 1 saturated heterocycles. The number of para-hydroxylation sites is 1. The molecule has 1 aliphatic rings. The topological polar surface area (TPSA) is 99.5 Å². The number of benzene rings is 3. The molecule has 9 heteroatoms. The SMILES string of the molecule is O=[N+]([O-])c1c(NNc2ccccc2)ncnc1N1CCN(C(c2ccccc2)c2ccccc2)CC1. The Morgan fingerprint density at radius 1 is 0.750 bits per heavy atom. The summed E-state index contributed by atoms with van der Waals surface area (Å²) >= 11 is 0. The third-order valence-electron chi connectivity index (χ3n) is 6.29. The smallest absolute Gasteiger partial charge is 0.348 e. The molecule has 2 N–H and O–H groups in total. The molecule has 2 heterocycles. The molecule has 5 rings (SSSR count). The monoisotopic (exact) mass is 481 g/mol.